The smallest absolute Gasteiger partial charge is 0.227 e. The number of nitrogens with zero attached hydrogens (tertiary/aromatic N) is 3. The molecule has 3 N–H and O–H groups in total. The molecule has 0 amide bonds. The van der Waals surface area contributed by atoms with Gasteiger partial charge in [-0.2, -0.15) is 0 Å². The molecule has 164 valence electrons. The average Bonchev–Trinajstić information content (AvgIpc) is 2.86. The van der Waals surface area contributed by atoms with Crippen LogP contribution < -0.4 is 20.9 Å². The van der Waals surface area contributed by atoms with Gasteiger partial charge in [0.25, 0.3) is 0 Å². The Bertz CT molecular complexity index is 1100. The summed E-state index contributed by atoms with van der Waals surface area (Å²) in [5, 5.41) is 10.4. The van der Waals surface area contributed by atoms with Crippen molar-refractivity contribution in [3.8, 4) is 0 Å². The van der Waals surface area contributed by atoms with E-state index in [-0.39, 0.29) is 5.41 Å². The molecule has 3 aliphatic heterocycles. The molecule has 7 heteroatoms. The number of benzene rings is 2. The van der Waals surface area contributed by atoms with E-state index in [2.05, 4.69) is 74.4 Å². The van der Waals surface area contributed by atoms with E-state index in [0.717, 1.165) is 57.8 Å². The molecule has 0 atom stereocenters. The summed E-state index contributed by atoms with van der Waals surface area (Å²) in [5.74, 6) is 0.677. The second-order valence-corrected chi connectivity index (χ2v) is 9.83. The molecule has 6 rings (SSSR count). The summed E-state index contributed by atoms with van der Waals surface area (Å²) in [6.07, 6.45) is 4.13. The number of piperidine rings is 1. The van der Waals surface area contributed by atoms with E-state index in [1.54, 1.807) is 11.8 Å². The Labute approximate surface area is 193 Å². The van der Waals surface area contributed by atoms with Gasteiger partial charge in [0.1, 0.15) is 0 Å². The first-order valence-electron chi connectivity index (χ1n) is 11.5. The molecule has 1 aromatic heterocycles. The number of hydrogen-bond donors (Lipinski definition) is 3. The monoisotopic (exact) mass is 444 g/mol. The summed E-state index contributed by atoms with van der Waals surface area (Å²) in [6.45, 7) is 6.22. The van der Waals surface area contributed by atoms with Crippen LogP contribution in [-0.2, 0) is 5.41 Å². The lowest BCUT2D eigenvalue weighted by molar-refractivity contribution is 0.342. The average molecular weight is 445 g/mol. The number of hydrogen-bond acceptors (Lipinski definition) is 7. The maximum atomic E-state index is 5.11. The van der Waals surface area contributed by atoms with Gasteiger partial charge in [0.15, 0.2) is 0 Å². The largest absolute Gasteiger partial charge is 0.369 e. The molecule has 3 aromatic rings. The van der Waals surface area contributed by atoms with Crippen molar-refractivity contribution < 1.29 is 0 Å². The zero-order valence-corrected chi connectivity index (χ0v) is 18.9. The molecule has 4 heterocycles. The van der Waals surface area contributed by atoms with Crippen molar-refractivity contribution in [3.63, 3.8) is 0 Å². The third-order valence-corrected chi connectivity index (χ3v) is 7.99. The van der Waals surface area contributed by atoms with E-state index in [4.69, 9.17) is 4.98 Å². The summed E-state index contributed by atoms with van der Waals surface area (Å²) < 4.78 is 0. The highest BCUT2D eigenvalue weighted by molar-refractivity contribution is 7.99. The van der Waals surface area contributed by atoms with Crippen LogP contribution in [0.1, 0.15) is 24.1 Å². The van der Waals surface area contributed by atoms with Crippen LogP contribution in [0, 0.1) is 0 Å². The second kappa shape index (κ2) is 8.39. The third-order valence-electron chi connectivity index (χ3n) is 6.89. The van der Waals surface area contributed by atoms with Gasteiger partial charge < -0.3 is 20.9 Å². The Balaban J connectivity index is 1.30. The van der Waals surface area contributed by atoms with Gasteiger partial charge in [-0.15, -0.1) is 0 Å². The zero-order valence-electron chi connectivity index (χ0n) is 18.1. The molecule has 0 unspecified atom stereocenters. The molecule has 3 aliphatic rings. The normalized spacial score (nSPS) is 19.3. The van der Waals surface area contributed by atoms with Gasteiger partial charge in [-0.25, -0.2) is 9.97 Å². The predicted molar refractivity (Wildman–Crippen MR) is 130 cm³/mol. The minimum absolute atomic E-state index is 0.0338. The Morgan fingerprint density at radius 3 is 2.44 bits per heavy atom. The summed E-state index contributed by atoms with van der Waals surface area (Å²) >= 11 is 1.80. The quantitative estimate of drug-likeness (QED) is 0.568. The lowest BCUT2D eigenvalue weighted by atomic mass is 9.70. The minimum Gasteiger partial charge on any atom is -0.369 e. The van der Waals surface area contributed by atoms with E-state index >= 15 is 0 Å². The lowest BCUT2D eigenvalue weighted by Crippen LogP contribution is -2.43. The molecular weight excluding hydrogens is 416 g/mol. The summed E-state index contributed by atoms with van der Waals surface area (Å²) in [7, 11) is 0. The van der Waals surface area contributed by atoms with Gasteiger partial charge in [0.05, 0.1) is 10.6 Å². The van der Waals surface area contributed by atoms with E-state index in [9.17, 15) is 0 Å². The molecule has 32 heavy (non-hydrogen) atoms. The third kappa shape index (κ3) is 3.54. The van der Waals surface area contributed by atoms with Crippen molar-refractivity contribution in [2.75, 3.05) is 49.5 Å². The lowest BCUT2D eigenvalue weighted by Gasteiger charge is -2.42. The van der Waals surface area contributed by atoms with E-state index in [0.29, 0.717) is 5.95 Å². The van der Waals surface area contributed by atoms with Crippen molar-refractivity contribution in [3.05, 3.63) is 66.0 Å². The fraction of sp³-hybridized carbons (Fsp3) is 0.360. The summed E-state index contributed by atoms with van der Waals surface area (Å²) in [5.41, 5.74) is 4.85. The summed E-state index contributed by atoms with van der Waals surface area (Å²) in [6, 6.07) is 17.5. The van der Waals surface area contributed by atoms with Crippen LogP contribution in [0.2, 0.25) is 0 Å². The van der Waals surface area contributed by atoms with Crippen molar-refractivity contribution >= 4 is 29.1 Å². The first kappa shape index (κ1) is 20.0. The van der Waals surface area contributed by atoms with E-state index in [1.807, 2.05) is 6.20 Å². The SMILES string of the molecule is c1ccc2c(c1)Sc1cnc(Nc3ccc(N4CCNCC4)cc3)nc1C21CCNCC1. The van der Waals surface area contributed by atoms with Gasteiger partial charge >= 0.3 is 0 Å². The van der Waals surface area contributed by atoms with Crippen LogP contribution in [-0.4, -0.2) is 49.2 Å². The number of aromatic nitrogens is 2. The predicted octanol–water partition coefficient (Wildman–Crippen LogP) is 3.76. The minimum atomic E-state index is -0.0338. The van der Waals surface area contributed by atoms with Crippen molar-refractivity contribution in [1.29, 1.82) is 0 Å². The number of anilines is 3. The van der Waals surface area contributed by atoms with Gasteiger partial charge in [0.2, 0.25) is 5.95 Å². The van der Waals surface area contributed by atoms with E-state index < -0.39 is 0 Å². The maximum Gasteiger partial charge on any atom is 0.227 e. The van der Waals surface area contributed by atoms with Crippen LogP contribution in [0.3, 0.4) is 0 Å². The molecule has 0 bridgehead atoms. The highest BCUT2D eigenvalue weighted by Crippen LogP contribution is 2.52. The molecule has 2 saturated heterocycles. The zero-order chi connectivity index (χ0) is 21.4. The van der Waals surface area contributed by atoms with Crippen LogP contribution in [0.15, 0.2) is 64.5 Å². The first-order chi connectivity index (χ1) is 15.8. The van der Waals surface area contributed by atoms with E-state index in [1.165, 1.54) is 26.7 Å². The van der Waals surface area contributed by atoms with Crippen molar-refractivity contribution in [2.45, 2.75) is 28.0 Å². The Kier molecular flexibility index (Phi) is 5.25. The standard InChI is InChI=1S/C25H28N6S/c1-2-4-21-20(3-1)25(9-11-26-12-10-25)23-22(32-21)17-28-24(30-23)29-18-5-7-19(8-6-18)31-15-13-27-14-16-31/h1-8,17,26-27H,9-16H2,(H,28,29,30). The number of piperazine rings is 1. The maximum absolute atomic E-state index is 5.11. The highest BCUT2D eigenvalue weighted by atomic mass is 32.2. The fourth-order valence-electron chi connectivity index (χ4n) is 5.21. The van der Waals surface area contributed by atoms with Crippen LogP contribution >= 0.6 is 11.8 Å². The van der Waals surface area contributed by atoms with Crippen LogP contribution in [0.25, 0.3) is 0 Å². The molecule has 0 saturated carbocycles. The van der Waals surface area contributed by atoms with Gasteiger partial charge in [-0.05, 0) is 61.8 Å². The summed E-state index contributed by atoms with van der Waals surface area (Å²) in [4.78, 5) is 14.7. The molecule has 2 fully saturated rings. The fourth-order valence-corrected chi connectivity index (χ4v) is 6.41. The molecule has 1 spiro atoms. The highest BCUT2D eigenvalue weighted by Gasteiger charge is 2.43. The van der Waals surface area contributed by atoms with Gasteiger partial charge in [-0.3, -0.25) is 0 Å². The Hall–Kier alpha value is -2.61. The topological polar surface area (TPSA) is 65.1 Å². The molecule has 6 nitrogen and oxygen atoms in total. The second-order valence-electron chi connectivity index (χ2n) is 8.75. The molecule has 0 radical (unpaired) electrons. The Morgan fingerprint density at radius 2 is 1.62 bits per heavy atom. The number of rotatable bonds is 3. The Morgan fingerprint density at radius 1 is 0.875 bits per heavy atom. The van der Waals surface area contributed by atoms with Crippen molar-refractivity contribution in [2.24, 2.45) is 0 Å². The number of nitrogens with one attached hydrogen (secondary N) is 3. The molecule has 0 aliphatic carbocycles. The molecule has 2 aromatic carbocycles. The van der Waals surface area contributed by atoms with Gasteiger partial charge in [-0.1, -0.05) is 30.0 Å². The van der Waals surface area contributed by atoms with Crippen molar-refractivity contribution in [1.82, 2.24) is 20.6 Å². The number of fused-ring (bicyclic) bond motifs is 4. The molecular formula is C25H28N6S. The van der Waals surface area contributed by atoms with Crippen LogP contribution in [0.4, 0.5) is 17.3 Å². The van der Waals surface area contributed by atoms with Crippen LogP contribution in [0.5, 0.6) is 0 Å². The first-order valence-corrected chi connectivity index (χ1v) is 12.3. The van der Waals surface area contributed by atoms with Gasteiger partial charge in [0, 0.05) is 54.1 Å².